The number of carbonyl (C=O) groups excluding carboxylic acids is 1. The third kappa shape index (κ3) is 5.88. The molecule has 1 aliphatic heterocycles. The summed E-state index contributed by atoms with van der Waals surface area (Å²) in [7, 11) is -1.92. The SMILES string of the molecule is COc1ccc(/C=N\NC(=O)C[NH+]2CCN(S(=O)(=O)c3ccc(Br)cc3)CC2)cc1. The van der Waals surface area contributed by atoms with E-state index in [1.54, 1.807) is 37.6 Å². The van der Waals surface area contributed by atoms with Crippen LogP contribution in [-0.4, -0.2) is 64.7 Å². The second-order valence-electron chi connectivity index (χ2n) is 6.85. The third-order valence-corrected chi connectivity index (χ3v) is 7.25. The number of hydrazone groups is 1. The first kappa shape index (κ1) is 22.4. The summed E-state index contributed by atoms with van der Waals surface area (Å²) in [6, 6.07) is 13.9. The smallest absolute Gasteiger partial charge is 0.295 e. The first-order chi connectivity index (χ1) is 14.4. The predicted molar refractivity (Wildman–Crippen MR) is 117 cm³/mol. The molecule has 160 valence electrons. The number of halogens is 1. The van der Waals surface area contributed by atoms with Crippen molar-refractivity contribution in [3.05, 3.63) is 58.6 Å². The molecule has 30 heavy (non-hydrogen) atoms. The van der Waals surface area contributed by atoms with E-state index in [1.807, 2.05) is 24.3 Å². The van der Waals surface area contributed by atoms with Gasteiger partial charge >= 0.3 is 0 Å². The zero-order valence-corrected chi connectivity index (χ0v) is 18.9. The molecule has 3 rings (SSSR count). The lowest BCUT2D eigenvalue weighted by atomic mass is 10.2. The molecule has 0 spiro atoms. The molecule has 0 radical (unpaired) electrons. The number of hydrogen-bond acceptors (Lipinski definition) is 5. The van der Waals surface area contributed by atoms with E-state index in [2.05, 4.69) is 26.5 Å². The molecule has 2 aromatic carbocycles. The van der Waals surface area contributed by atoms with E-state index >= 15 is 0 Å². The number of ether oxygens (including phenoxy) is 1. The van der Waals surface area contributed by atoms with Gasteiger partial charge < -0.3 is 9.64 Å². The lowest BCUT2D eigenvalue weighted by Crippen LogP contribution is -3.15. The zero-order valence-electron chi connectivity index (χ0n) is 16.5. The van der Waals surface area contributed by atoms with Crippen LogP contribution in [0.5, 0.6) is 5.75 Å². The molecule has 0 unspecified atom stereocenters. The third-order valence-electron chi connectivity index (χ3n) is 4.81. The highest BCUT2D eigenvalue weighted by Gasteiger charge is 2.31. The van der Waals surface area contributed by atoms with Crippen molar-refractivity contribution in [2.75, 3.05) is 39.8 Å². The van der Waals surface area contributed by atoms with E-state index < -0.39 is 10.0 Å². The quantitative estimate of drug-likeness (QED) is 0.432. The summed E-state index contributed by atoms with van der Waals surface area (Å²) in [6.07, 6.45) is 1.56. The van der Waals surface area contributed by atoms with Gasteiger partial charge in [0.05, 0.1) is 44.4 Å². The van der Waals surface area contributed by atoms with Gasteiger partial charge in [0.2, 0.25) is 10.0 Å². The number of sulfonamides is 1. The second-order valence-corrected chi connectivity index (χ2v) is 9.70. The van der Waals surface area contributed by atoms with Crippen molar-refractivity contribution in [1.29, 1.82) is 0 Å². The van der Waals surface area contributed by atoms with Crippen LogP contribution in [0.25, 0.3) is 0 Å². The molecule has 1 heterocycles. The van der Waals surface area contributed by atoms with Crippen molar-refractivity contribution >= 4 is 38.1 Å². The number of quaternary nitrogens is 1. The molecular formula is C20H24BrN4O4S+. The molecule has 8 nitrogen and oxygen atoms in total. The Kier molecular flexibility index (Phi) is 7.59. The Morgan fingerprint density at radius 3 is 2.40 bits per heavy atom. The Bertz CT molecular complexity index is 986. The number of benzene rings is 2. The van der Waals surface area contributed by atoms with Crippen LogP contribution in [0.15, 0.2) is 63.0 Å². The molecule has 0 atom stereocenters. The van der Waals surface area contributed by atoms with Crippen molar-refractivity contribution in [2.24, 2.45) is 5.10 Å². The molecule has 2 aromatic rings. The van der Waals surface area contributed by atoms with E-state index in [-0.39, 0.29) is 17.3 Å². The number of carbonyl (C=O) groups is 1. The van der Waals surface area contributed by atoms with Gasteiger partial charge in [0.15, 0.2) is 6.54 Å². The van der Waals surface area contributed by atoms with Gasteiger partial charge in [0.25, 0.3) is 5.91 Å². The van der Waals surface area contributed by atoms with E-state index in [0.29, 0.717) is 26.2 Å². The highest BCUT2D eigenvalue weighted by molar-refractivity contribution is 9.10. The van der Waals surface area contributed by atoms with E-state index in [9.17, 15) is 13.2 Å². The minimum atomic E-state index is -3.51. The van der Waals surface area contributed by atoms with Crippen LogP contribution in [-0.2, 0) is 14.8 Å². The van der Waals surface area contributed by atoms with Gasteiger partial charge in [-0.25, -0.2) is 13.8 Å². The van der Waals surface area contributed by atoms with Crippen LogP contribution in [0.2, 0.25) is 0 Å². The van der Waals surface area contributed by atoms with E-state index in [1.165, 1.54) is 4.31 Å². The summed E-state index contributed by atoms with van der Waals surface area (Å²) >= 11 is 3.31. The predicted octanol–water partition coefficient (Wildman–Crippen LogP) is 0.497. The number of methoxy groups -OCH3 is 1. The second kappa shape index (κ2) is 10.2. The van der Waals surface area contributed by atoms with Crippen molar-refractivity contribution in [3.8, 4) is 5.75 Å². The van der Waals surface area contributed by atoms with Gasteiger partial charge in [-0.05, 0) is 54.1 Å². The number of piperazine rings is 1. The normalized spacial score (nSPS) is 15.9. The number of hydrogen-bond donors (Lipinski definition) is 2. The summed E-state index contributed by atoms with van der Waals surface area (Å²) in [6.45, 7) is 2.11. The number of rotatable bonds is 7. The Labute approximate surface area is 184 Å². The maximum atomic E-state index is 12.7. The molecule has 1 aliphatic rings. The summed E-state index contributed by atoms with van der Waals surface area (Å²) < 4.78 is 32.9. The van der Waals surface area contributed by atoms with Crippen molar-refractivity contribution in [3.63, 3.8) is 0 Å². The van der Waals surface area contributed by atoms with Crippen LogP contribution in [0, 0.1) is 0 Å². The zero-order chi connectivity index (χ0) is 21.6. The Hall–Kier alpha value is -2.27. The van der Waals surface area contributed by atoms with Gasteiger partial charge in [-0.15, -0.1) is 0 Å². The van der Waals surface area contributed by atoms with Gasteiger partial charge in [0, 0.05) is 4.47 Å². The standard InChI is InChI=1S/C20H23BrN4O4S/c1-29-18-6-2-16(3-7-18)14-22-23-20(26)15-24-10-12-25(13-11-24)30(27,28)19-8-4-17(21)5-9-19/h2-9,14H,10-13,15H2,1H3,(H,23,26)/p+1/b22-14-. The first-order valence-corrected chi connectivity index (χ1v) is 11.7. The maximum Gasteiger partial charge on any atom is 0.295 e. The highest BCUT2D eigenvalue weighted by Crippen LogP contribution is 2.18. The minimum absolute atomic E-state index is 0.209. The molecule has 1 amide bonds. The van der Waals surface area contributed by atoms with Gasteiger partial charge in [-0.1, -0.05) is 15.9 Å². The van der Waals surface area contributed by atoms with Crippen LogP contribution in [0.3, 0.4) is 0 Å². The molecule has 10 heteroatoms. The van der Waals surface area contributed by atoms with Crippen molar-refractivity contribution in [1.82, 2.24) is 9.73 Å². The average molecular weight is 496 g/mol. The molecule has 0 saturated carbocycles. The Morgan fingerprint density at radius 1 is 1.17 bits per heavy atom. The van der Waals surface area contributed by atoms with Crippen LogP contribution < -0.4 is 15.1 Å². The van der Waals surface area contributed by atoms with Crippen molar-refractivity contribution < 1.29 is 22.8 Å². The lowest BCUT2D eigenvalue weighted by Gasteiger charge is -2.31. The fraction of sp³-hybridized carbons (Fsp3) is 0.300. The Balaban J connectivity index is 1.46. The summed E-state index contributed by atoms with van der Waals surface area (Å²) in [5, 5.41) is 3.97. The summed E-state index contributed by atoms with van der Waals surface area (Å²) in [4.78, 5) is 13.4. The Morgan fingerprint density at radius 2 is 1.80 bits per heavy atom. The topological polar surface area (TPSA) is 92.5 Å². The van der Waals surface area contributed by atoms with E-state index in [4.69, 9.17) is 4.74 Å². The maximum absolute atomic E-state index is 12.7. The average Bonchev–Trinajstić information content (AvgIpc) is 2.75. The number of nitrogens with one attached hydrogen (secondary N) is 2. The molecule has 2 N–H and O–H groups in total. The monoisotopic (exact) mass is 495 g/mol. The van der Waals surface area contributed by atoms with Crippen molar-refractivity contribution in [2.45, 2.75) is 4.90 Å². The van der Waals surface area contributed by atoms with Crippen LogP contribution in [0.4, 0.5) is 0 Å². The fourth-order valence-corrected chi connectivity index (χ4v) is 4.82. The summed E-state index contributed by atoms with van der Waals surface area (Å²) in [5.74, 6) is 0.542. The van der Waals surface area contributed by atoms with Crippen LogP contribution in [0.1, 0.15) is 5.56 Å². The molecule has 1 saturated heterocycles. The van der Waals surface area contributed by atoms with Gasteiger partial charge in [0.1, 0.15) is 5.75 Å². The largest absolute Gasteiger partial charge is 0.497 e. The minimum Gasteiger partial charge on any atom is -0.497 e. The molecule has 1 fully saturated rings. The van der Waals surface area contributed by atoms with Crippen LogP contribution >= 0.6 is 15.9 Å². The number of nitrogens with zero attached hydrogens (tertiary/aromatic N) is 2. The highest BCUT2D eigenvalue weighted by atomic mass is 79.9. The fourth-order valence-electron chi connectivity index (χ4n) is 3.11. The lowest BCUT2D eigenvalue weighted by molar-refractivity contribution is -0.895. The van der Waals surface area contributed by atoms with E-state index in [0.717, 1.165) is 20.7 Å². The summed E-state index contributed by atoms with van der Waals surface area (Å²) in [5.41, 5.74) is 3.36. The number of amides is 1. The van der Waals surface area contributed by atoms with Gasteiger partial charge in [-0.3, -0.25) is 4.79 Å². The molecule has 0 aromatic heterocycles. The molecule has 0 aliphatic carbocycles. The van der Waals surface area contributed by atoms with Gasteiger partial charge in [-0.2, -0.15) is 9.41 Å². The first-order valence-electron chi connectivity index (χ1n) is 9.44. The molecule has 0 bridgehead atoms. The molecular weight excluding hydrogens is 472 g/mol.